The van der Waals surface area contributed by atoms with Crippen LogP contribution in [0.3, 0.4) is 0 Å². The van der Waals surface area contributed by atoms with Crippen molar-refractivity contribution in [3.8, 4) is 6.07 Å². The second-order valence-corrected chi connectivity index (χ2v) is 6.55. The van der Waals surface area contributed by atoms with Crippen LogP contribution in [0.25, 0.3) is 0 Å². The van der Waals surface area contributed by atoms with Gasteiger partial charge in [-0.05, 0) is 31.1 Å². The van der Waals surface area contributed by atoms with Gasteiger partial charge < -0.3 is 4.90 Å². The zero-order chi connectivity index (χ0) is 14.1. The van der Waals surface area contributed by atoms with Gasteiger partial charge in [0.25, 0.3) is 0 Å². The summed E-state index contributed by atoms with van der Waals surface area (Å²) in [4.78, 5) is 16.9. The van der Waals surface area contributed by atoms with E-state index in [1.807, 2.05) is 0 Å². The van der Waals surface area contributed by atoms with E-state index < -0.39 is 0 Å². The first-order chi connectivity index (χ1) is 9.76. The summed E-state index contributed by atoms with van der Waals surface area (Å²) in [6.45, 7) is 5.40. The van der Waals surface area contributed by atoms with E-state index in [1.54, 1.807) is 0 Å². The third-order valence-electron chi connectivity index (χ3n) is 5.54. The molecule has 3 fully saturated rings. The Kier molecular flexibility index (Phi) is 3.98. The number of hydrogen-bond acceptors (Lipinski definition) is 3. The van der Waals surface area contributed by atoms with Crippen molar-refractivity contribution in [2.24, 2.45) is 17.8 Å². The number of carbonyl (C=O) groups is 1. The van der Waals surface area contributed by atoms with Crippen molar-refractivity contribution in [2.45, 2.75) is 45.1 Å². The highest BCUT2D eigenvalue weighted by molar-refractivity contribution is 5.82. The summed E-state index contributed by atoms with van der Waals surface area (Å²) in [5.41, 5.74) is 0. The summed E-state index contributed by atoms with van der Waals surface area (Å²) in [5, 5.41) is 9.12. The maximum absolute atomic E-state index is 12.6. The lowest BCUT2D eigenvalue weighted by atomic mass is 10.0. The molecule has 4 nitrogen and oxygen atoms in total. The SMILES string of the molecule is CCC(C#N)N1CCN(C(=O)C2C3CCCCC32)CC1. The van der Waals surface area contributed by atoms with Crippen molar-refractivity contribution >= 4 is 5.91 Å². The molecule has 20 heavy (non-hydrogen) atoms. The second-order valence-electron chi connectivity index (χ2n) is 6.55. The van der Waals surface area contributed by atoms with Crippen LogP contribution in [0.1, 0.15) is 39.0 Å². The van der Waals surface area contributed by atoms with Gasteiger partial charge in [0.2, 0.25) is 5.91 Å². The molecule has 0 N–H and O–H groups in total. The largest absolute Gasteiger partial charge is 0.340 e. The monoisotopic (exact) mass is 275 g/mol. The fourth-order valence-electron chi connectivity index (χ4n) is 4.25. The molecule has 3 rings (SSSR count). The number of rotatable bonds is 3. The Hall–Kier alpha value is -1.08. The van der Waals surface area contributed by atoms with Gasteiger partial charge in [0.1, 0.15) is 0 Å². The molecule has 110 valence electrons. The molecule has 3 aliphatic rings. The first-order valence-electron chi connectivity index (χ1n) is 8.18. The van der Waals surface area contributed by atoms with Crippen molar-refractivity contribution in [1.29, 1.82) is 5.26 Å². The highest BCUT2D eigenvalue weighted by Gasteiger charge is 2.55. The van der Waals surface area contributed by atoms with Gasteiger partial charge in [-0.3, -0.25) is 9.69 Å². The number of amides is 1. The van der Waals surface area contributed by atoms with Gasteiger partial charge in [-0.15, -0.1) is 0 Å². The number of nitriles is 1. The van der Waals surface area contributed by atoms with E-state index in [0.29, 0.717) is 23.7 Å². The summed E-state index contributed by atoms with van der Waals surface area (Å²) >= 11 is 0. The molecule has 0 bridgehead atoms. The molecule has 0 aromatic rings. The lowest BCUT2D eigenvalue weighted by Crippen LogP contribution is -2.52. The molecule has 3 unspecified atom stereocenters. The Bertz CT molecular complexity index is 396. The Morgan fingerprint density at radius 3 is 2.30 bits per heavy atom. The minimum atomic E-state index is 0.0238. The molecule has 1 saturated heterocycles. The van der Waals surface area contributed by atoms with Crippen LogP contribution in [0.2, 0.25) is 0 Å². The van der Waals surface area contributed by atoms with Gasteiger partial charge in [-0.25, -0.2) is 0 Å². The number of carbonyl (C=O) groups excluding carboxylic acids is 1. The molecule has 2 aliphatic carbocycles. The predicted octanol–water partition coefficient (Wildman–Crippen LogP) is 1.87. The molecule has 2 saturated carbocycles. The van der Waals surface area contributed by atoms with Crippen molar-refractivity contribution < 1.29 is 4.79 Å². The average Bonchev–Trinajstić information content (AvgIpc) is 3.23. The van der Waals surface area contributed by atoms with Crippen LogP contribution < -0.4 is 0 Å². The Morgan fingerprint density at radius 1 is 1.20 bits per heavy atom. The number of hydrogen-bond donors (Lipinski definition) is 0. The third-order valence-corrected chi connectivity index (χ3v) is 5.54. The van der Waals surface area contributed by atoms with Gasteiger partial charge in [-0.1, -0.05) is 19.8 Å². The number of piperazine rings is 1. The van der Waals surface area contributed by atoms with Gasteiger partial charge in [0, 0.05) is 32.1 Å². The topological polar surface area (TPSA) is 47.3 Å². The fourth-order valence-corrected chi connectivity index (χ4v) is 4.25. The van der Waals surface area contributed by atoms with Crippen LogP contribution in [0, 0.1) is 29.1 Å². The van der Waals surface area contributed by atoms with Crippen LogP contribution in [-0.2, 0) is 4.79 Å². The highest BCUT2D eigenvalue weighted by Crippen LogP contribution is 2.56. The van der Waals surface area contributed by atoms with Gasteiger partial charge in [0.15, 0.2) is 0 Å². The van der Waals surface area contributed by atoms with E-state index in [0.717, 1.165) is 32.6 Å². The summed E-state index contributed by atoms with van der Waals surface area (Å²) in [6, 6.07) is 2.39. The van der Waals surface area contributed by atoms with Crippen LogP contribution in [0.5, 0.6) is 0 Å². The van der Waals surface area contributed by atoms with Crippen LogP contribution in [0.4, 0.5) is 0 Å². The molecule has 1 aliphatic heterocycles. The van der Waals surface area contributed by atoms with Crippen molar-refractivity contribution in [2.75, 3.05) is 26.2 Å². The standard InChI is InChI=1S/C16H25N3O/c1-2-12(11-17)18-7-9-19(10-8-18)16(20)15-13-5-3-4-6-14(13)15/h12-15H,2-10H2,1H3. The molecular formula is C16H25N3O. The van der Waals surface area contributed by atoms with E-state index in [1.165, 1.54) is 25.7 Å². The molecule has 0 radical (unpaired) electrons. The molecule has 0 aromatic carbocycles. The Labute approximate surface area is 121 Å². The zero-order valence-electron chi connectivity index (χ0n) is 12.4. The number of nitrogens with zero attached hydrogens (tertiary/aromatic N) is 3. The normalized spacial score (nSPS) is 35.0. The van der Waals surface area contributed by atoms with Crippen molar-refractivity contribution in [3.63, 3.8) is 0 Å². The minimum Gasteiger partial charge on any atom is -0.340 e. The summed E-state index contributed by atoms with van der Waals surface area (Å²) in [7, 11) is 0. The third kappa shape index (κ3) is 2.44. The van der Waals surface area contributed by atoms with Gasteiger partial charge in [-0.2, -0.15) is 5.26 Å². The summed E-state index contributed by atoms with van der Waals surface area (Å²) in [5.74, 6) is 2.17. The highest BCUT2D eigenvalue weighted by atomic mass is 16.2. The van der Waals surface area contributed by atoms with E-state index in [-0.39, 0.29) is 6.04 Å². The summed E-state index contributed by atoms with van der Waals surface area (Å²) in [6.07, 6.45) is 6.05. The lowest BCUT2D eigenvalue weighted by Gasteiger charge is -2.36. The molecule has 1 amide bonds. The fraction of sp³-hybridized carbons (Fsp3) is 0.875. The van der Waals surface area contributed by atoms with Crippen LogP contribution in [0.15, 0.2) is 0 Å². The molecule has 0 spiro atoms. The first-order valence-corrected chi connectivity index (χ1v) is 8.18. The number of fused-ring (bicyclic) bond motifs is 1. The maximum Gasteiger partial charge on any atom is 0.226 e. The second kappa shape index (κ2) is 5.73. The van der Waals surface area contributed by atoms with E-state index in [2.05, 4.69) is 22.8 Å². The Balaban J connectivity index is 1.51. The van der Waals surface area contributed by atoms with E-state index in [4.69, 9.17) is 5.26 Å². The van der Waals surface area contributed by atoms with Crippen LogP contribution in [-0.4, -0.2) is 47.9 Å². The molecular weight excluding hydrogens is 250 g/mol. The first kappa shape index (κ1) is 13.9. The van der Waals surface area contributed by atoms with Crippen LogP contribution >= 0.6 is 0 Å². The molecule has 3 atom stereocenters. The molecule has 4 heteroatoms. The van der Waals surface area contributed by atoms with E-state index >= 15 is 0 Å². The van der Waals surface area contributed by atoms with E-state index in [9.17, 15) is 4.79 Å². The lowest BCUT2D eigenvalue weighted by molar-refractivity contribution is -0.135. The quantitative estimate of drug-likeness (QED) is 0.790. The van der Waals surface area contributed by atoms with Crippen molar-refractivity contribution in [3.05, 3.63) is 0 Å². The maximum atomic E-state index is 12.6. The summed E-state index contributed by atoms with van der Waals surface area (Å²) < 4.78 is 0. The average molecular weight is 275 g/mol. The predicted molar refractivity (Wildman–Crippen MR) is 76.8 cm³/mol. The zero-order valence-corrected chi connectivity index (χ0v) is 12.4. The molecule has 0 aromatic heterocycles. The Morgan fingerprint density at radius 2 is 1.80 bits per heavy atom. The minimum absolute atomic E-state index is 0.0238. The van der Waals surface area contributed by atoms with Crippen molar-refractivity contribution in [1.82, 2.24) is 9.80 Å². The smallest absolute Gasteiger partial charge is 0.226 e. The molecule has 1 heterocycles. The van der Waals surface area contributed by atoms with Gasteiger partial charge in [0.05, 0.1) is 12.1 Å². The van der Waals surface area contributed by atoms with Gasteiger partial charge >= 0.3 is 0 Å².